The second-order valence-electron chi connectivity index (χ2n) is 10.1. The first-order valence-electron chi connectivity index (χ1n) is 13.8. The number of aliphatic hydroxyl groups excluding tert-OH is 2. The molecule has 13 heteroatoms. The summed E-state index contributed by atoms with van der Waals surface area (Å²) in [4.78, 5) is 18.4. The Hall–Kier alpha value is -3.82. The van der Waals surface area contributed by atoms with Crippen molar-refractivity contribution in [1.29, 1.82) is 10.5 Å². The molecule has 0 spiro atoms. The van der Waals surface area contributed by atoms with Crippen molar-refractivity contribution in [2.24, 2.45) is 0 Å². The first-order chi connectivity index (χ1) is 20.9. The van der Waals surface area contributed by atoms with Crippen LogP contribution in [0.25, 0.3) is 21.8 Å². The lowest BCUT2D eigenvalue weighted by Gasteiger charge is -2.38. The molecule has 6 rings (SSSR count). The number of nitrogens with zero attached hydrogens (tertiary/aromatic N) is 7. The molecule has 3 N–H and O–H groups in total. The Morgan fingerprint density at radius 3 is 2.07 bits per heavy atom. The van der Waals surface area contributed by atoms with E-state index in [2.05, 4.69) is 58.2 Å². The fourth-order valence-corrected chi connectivity index (χ4v) is 5.31. The van der Waals surface area contributed by atoms with Crippen molar-refractivity contribution in [3.05, 3.63) is 64.9 Å². The second kappa shape index (κ2) is 15.6. The van der Waals surface area contributed by atoms with Crippen molar-refractivity contribution < 1.29 is 19.7 Å². The zero-order chi connectivity index (χ0) is 30.8. The zero-order valence-corrected chi connectivity index (χ0v) is 25.5. The van der Waals surface area contributed by atoms with E-state index in [9.17, 15) is 10.4 Å². The summed E-state index contributed by atoms with van der Waals surface area (Å²) in [5.74, 6) is 0. The number of aromatic nitrogens is 4. The molecule has 2 fully saturated rings. The maximum atomic E-state index is 9.35. The van der Waals surface area contributed by atoms with Crippen LogP contribution in [-0.4, -0.2) is 94.0 Å². The Kier molecular flexibility index (Phi) is 11.6. The summed E-state index contributed by atoms with van der Waals surface area (Å²) in [5, 5.41) is 40.8. The van der Waals surface area contributed by atoms with E-state index in [4.69, 9.17) is 19.8 Å². The Labute approximate surface area is 258 Å². The lowest BCUT2D eigenvalue weighted by Crippen LogP contribution is -2.48. The number of anilines is 1. The van der Waals surface area contributed by atoms with Gasteiger partial charge >= 0.3 is 0 Å². The molecule has 224 valence electrons. The average molecular weight is 650 g/mol. The third-order valence-corrected chi connectivity index (χ3v) is 7.51. The molecule has 2 aromatic heterocycles. The monoisotopic (exact) mass is 648 g/mol. The van der Waals surface area contributed by atoms with E-state index in [1.807, 2.05) is 26.0 Å². The molecule has 4 heterocycles. The van der Waals surface area contributed by atoms with Crippen LogP contribution < -0.4 is 10.2 Å². The molecule has 0 amide bonds. The molecule has 0 saturated carbocycles. The fourth-order valence-electron chi connectivity index (χ4n) is 4.89. The molecular formula is C30H33BrN8O4. The highest BCUT2D eigenvalue weighted by Gasteiger charge is 2.26. The molecule has 0 bridgehead atoms. The molecule has 43 heavy (non-hydrogen) atoms. The number of aliphatic hydroxyl groups is 2. The van der Waals surface area contributed by atoms with Gasteiger partial charge in [0.2, 0.25) is 0 Å². The highest BCUT2D eigenvalue weighted by molar-refractivity contribution is 9.10. The van der Waals surface area contributed by atoms with Crippen LogP contribution in [0.5, 0.6) is 0 Å². The molecule has 4 atom stereocenters. The van der Waals surface area contributed by atoms with Crippen LogP contribution in [0.3, 0.4) is 0 Å². The first kappa shape index (κ1) is 32.1. The Bertz CT molecular complexity index is 1610. The summed E-state index contributed by atoms with van der Waals surface area (Å²) in [7, 11) is 0. The molecule has 0 radical (unpaired) electrons. The summed E-state index contributed by atoms with van der Waals surface area (Å²) >= 11 is 3.37. The molecule has 2 aliphatic heterocycles. The normalized spacial score (nSPS) is 21.5. The number of benzene rings is 2. The largest absolute Gasteiger partial charge is 0.394 e. The van der Waals surface area contributed by atoms with E-state index in [0.29, 0.717) is 28.7 Å². The molecular weight excluding hydrogens is 616 g/mol. The molecule has 0 unspecified atom stereocenters. The van der Waals surface area contributed by atoms with Gasteiger partial charge in [-0.3, -0.25) is 0 Å². The van der Waals surface area contributed by atoms with Gasteiger partial charge in [-0.2, -0.15) is 10.5 Å². The third kappa shape index (κ3) is 8.18. The molecule has 2 aromatic carbocycles. The van der Waals surface area contributed by atoms with Gasteiger partial charge in [-0.15, -0.1) is 0 Å². The highest BCUT2D eigenvalue weighted by Crippen LogP contribution is 2.29. The van der Waals surface area contributed by atoms with Gasteiger partial charge in [0.25, 0.3) is 0 Å². The summed E-state index contributed by atoms with van der Waals surface area (Å²) in [6.07, 6.45) is 6.39. The van der Waals surface area contributed by atoms with E-state index in [1.54, 1.807) is 24.5 Å². The maximum absolute atomic E-state index is 9.35. The maximum Gasteiger partial charge on any atom is 0.116 e. The van der Waals surface area contributed by atoms with Gasteiger partial charge in [-0.1, -0.05) is 15.9 Å². The van der Waals surface area contributed by atoms with Crippen LogP contribution in [0.1, 0.15) is 25.0 Å². The number of nitriles is 2. The van der Waals surface area contributed by atoms with Crippen molar-refractivity contribution in [3.8, 4) is 12.1 Å². The van der Waals surface area contributed by atoms with Crippen LogP contribution >= 0.6 is 15.9 Å². The van der Waals surface area contributed by atoms with Crippen molar-refractivity contribution in [2.45, 2.75) is 38.3 Å². The van der Waals surface area contributed by atoms with E-state index in [0.717, 1.165) is 40.6 Å². The number of fused-ring (bicyclic) bond motifs is 2. The van der Waals surface area contributed by atoms with Gasteiger partial charge in [0, 0.05) is 59.5 Å². The summed E-state index contributed by atoms with van der Waals surface area (Å²) in [6, 6.07) is 11.5. The lowest BCUT2D eigenvalue weighted by molar-refractivity contribution is -0.0518. The molecule has 2 aliphatic rings. The van der Waals surface area contributed by atoms with Crippen molar-refractivity contribution in [1.82, 2.24) is 25.3 Å². The standard InChI is InChI=1S/C15H16N4O2.C9H4BrN3.C6H13NO2/c1-10-6-19(7-12(8-20)21-10)14-3-2-11(4-16)15-13(14)5-17-9-18-15;10-8-2-1-6(3-11)9-7(8)4-12-5-13-9;1-5-2-7-3-6(4-8)9-5/h2-3,5,9-10,12,20H,6-8H2,1H3;1-2,4-5H;5-8H,2-4H2,1H3/t10-,12-;;5-,6-/m1.1/s1. The van der Waals surface area contributed by atoms with Gasteiger partial charge in [-0.05, 0) is 38.1 Å². The SMILES string of the molecule is C[C@@H]1CN(c2ccc(C#N)c3ncncc23)C[C@H](CO)O1.C[C@@H]1CNC[C@H](CO)O1.N#Cc1ccc(Br)c2cncnc12. The molecule has 12 nitrogen and oxygen atoms in total. The number of rotatable bonds is 3. The van der Waals surface area contributed by atoms with E-state index >= 15 is 0 Å². The minimum atomic E-state index is -0.205. The molecule has 4 aromatic rings. The summed E-state index contributed by atoms with van der Waals surface area (Å²) in [5.41, 5.74) is 3.42. The summed E-state index contributed by atoms with van der Waals surface area (Å²) < 4.78 is 11.9. The predicted octanol–water partition coefficient (Wildman–Crippen LogP) is 2.71. The van der Waals surface area contributed by atoms with Gasteiger partial charge in [-0.25, -0.2) is 19.9 Å². The highest BCUT2D eigenvalue weighted by atomic mass is 79.9. The number of halogens is 1. The van der Waals surface area contributed by atoms with Crippen LogP contribution in [0.15, 0.2) is 53.8 Å². The van der Waals surface area contributed by atoms with E-state index in [1.165, 1.54) is 12.7 Å². The average Bonchev–Trinajstić information content (AvgIpc) is 3.05. The van der Waals surface area contributed by atoms with Gasteiger partial charge in [0.1, 0.15) is 24.8 Å². The van der Waals surface area contributed by atoms with Crippen LogP contribution in [0, 0.1) is 22.7 Å². The number of morpholine rings is 2. The second-order valence-corrected chi connectivity index (χ2v) is 10.9. The number of hydrogen-bond donors (Lipinski definition) is 3. The number of nitrogens with one attached hydrogen (secondary N) is 1. The Morgan fingerprint density at radius 1 is 0.860 bits per heavy atom. The Balaban J connectivity index is 0.000000163. The van der Waals surface area contributed by atoms with Gasteiger partial charge in [0.05, 0.1) is 59.8 Å². The van der Waals surface area contributed by atoms with Gasteiger partial charge in [0.15, 0.2) is 0 Å². The molecule has 2 saturated heterocycles. The van der Waals surface area contributed by atoms with Crippen molar-refractivity contribution in [2.75, 3.05) is 44.3 Å². The first-order valence-corrected chi connectivity index (χ1v) is 14.6. The quantitative estimate of drug-likeness (QED) is 0.297. The van der Waals surface area contributed by atoms with Crippen molar-refractivity contribution >= 4 is 43.4 Å². The third-order valence-electron chi connectivity index (χ3n) is 6.82. The van der Waals surface area contributed by atoms with E-state index in [-0.39, 0.29) is 37.6 Å². The number of ether oxygens (including phenoxy) is 2. The smallest absolute Gasteiger partial charge is 0.116 e. The van der Waals surface area contributed by atoms with E-state index < -0.39 is 0 Å². The van der Waals surface area contributed by atoms with Crippen LogP contribution in [0.4, 0.5) is 5.69 Å². The topological polar surface area (TPSA) is 173 Å². The molecule has 0 aliphatic carbocycles. The summed E-state index contributed by atoms with van der Waals surface area (Å²) in [6.45, 7) is 7.11. The minimum Gasteiger partial charge on any atom is -0.394 e. The minimum absolute atomic E-state index is 0.00810. The van der Waals surface area contributed by atoms with Gasteiger partial charge < -0.3 is 29.9 Å². The fraction of sp³-hybridized carbons (Fsp3) is 0.400. The van der Waals surface area contributed by atoms with Crippen LogP contribution in [0.2, 0.25) is 0 Å². The van der Waals surface area contributed by atoms with Crippen molar-refractivity contribution in [3.63, 3.8) is 0 Å². The zero-order valence-electron chi connectivity index (χ0n) is 23.9. The Morgan fingerprint density at radius 2 is 1.47 bits per heavy atom. The lowest BCUT2D eigenvalue weighted by atomic mass is 10.1. The number of hydrogen-bond acceptors (Lipinski definition) is 12. The predicted molar refractivity (Wildman–Crippen MR) is 164 cm³/mol. The van der Waals surface area contributed by atoms with Crippen LogP contribution in [-0.2, 0) is 9.47 Å².